The molecule has 0 fully saturated rings. The van der Waals surface area contributed by atoms with Crippen LogP contribution in [0.2, 0.25) is 0 Å². The Bertz CT molecular complexity index is 489. The number of alkyl carbamates (subject to hydrolysis) is 1. The Labute approximate surface area is 152 Å². The molecule has 10 nitrogen and oxygen atoms in total. The summed E-state index contributed by atoms with van der Waals surface area (Å²) in [7, 11) is 0. The Hall–Kier alpha value is -2.36. The molecule has 0 radical (unpaired) electrons. The van der Waals surface area contributed by atoms with Crippen molar-refractivity contribution in [1.29, 1.82) is 0 Å². The predicted molar refractivity (Wildman–Crippen MR) is 92.8 cm³/mol. The molecule has 0 unspecified atom stereocenters. The van der Waals surface area contributed by atoms with Gasteiger partial charge in [-0.25, -0.2) is 9.59 Å². The molecule has 150 valence electrons. The molecule has 0 aliphatic carbocycles. The third-order valence-corrected chi connectivity index (χ3v) is 3.01. The Morgan fingerprint density at radius 1 is 1.04 bits per heavy atom. The van der Waals surface area contributed by atoms with Crippen molar-refractivity contribution in [2.45, 2.75) is 58.1 Å². The molecule has 0 heterocycles. The van der Waals surface area contributed by atoms with Crippen molar-refractivity contribution in [3.63, 3.8) is 0 Å². The van der Waals surface area contributed by atoms with E-state index in [9.17, 15) is 19.2 Å². The zero-order chi connectivity index (χ0) is 20.2. The summed E-state index contributed by atoms with van der Waals surface area (Å²) in [6.07, 6.45) is 0.391. The molecule has 0 aromatic rings. The summed E-state index contributed by atoms with van der Waals surface area (Å²) >= 11 is 0. The van der Waals surface area contributed by atoms with Gasteiger partial charge in [-0.1, -0.05) is 0 Å². The minimum Gasteiger partial charge on any atom is -0.481 e. The molecular weight excluding hydrogens is 346 g/mol. The molecule has 0 bridgehead atoms. The lowest BCUT2D eigenvalue weighted by Gasteiger charge is -2.19. The molecule has 5 N–H and O–H groups in total. The van der Waals surface area contributed by atoms with Gasteiger partial charge < -0.3 is 30.9 Å². The van der Waals surface area contributed by atoms with Gasteiger partial charge in [-0.2, -0.15) is 0 Å². The highest BCUT2D eigenvalue weighted by molar-refractivity contribution is 5.85. The maximum Gasteiger partial charge on any atom is 0.407 e. The van der Waals surface area contributed by atoms with Crippen molar-refractivity contribution >= 4 is 23.9 Å². The lowest BCUT2D eigenvalue weighted by molar-refractivity contribution is -0.142. The number of ether oxygens (including phenoxy) is 1. The maximum atomic E-state index is 11.7. The van der Waals surface area contributed by atoms with Gasteiger partial charge in [-0.05, 0) is 46.6 Å². The van der Waals surface area contributed by atoms with Gasteiger partial charge in [0.2, 0.25) is 5.91 Å². The maximum absolute atomic E-state index is 11.7. The van der Waals surface area contributed by atoms with Gasteiger partial charge in [-0.15, -0.1) is 0 Å². The molecule has 0 saturated heterocycles. The fourth-order valence-electron chi connectivity index (χ4n) is 1.85. The number of aliphatic carboxylic acids is 2. The second-order valence-electron chi connectivity index (χ2n) is 6.70. The van der Waals surface area contributed by atoms with E-state index < -0.39 is 35.6 Å². The molecule has 2 amide bonds. The van der Waals surface area contributed by atoms with Crippen LogP contribution in [-0.2, 0) is 19.1 Å². The van der Waals surface area contributed by atoms with Crippen LogP contribution in [0.25, 0.3) is 0 Å². The molecular formula is C16H29N3O7. The van der Waals surface area contributed by atoms with E-state index >= 15 is 0 Å². The fourth-order valence-corrected chi connectivity index (χ4v) is 1.85. The SMILES string of the molecule is CC(C)(C)OC(=O)NCCCCNCC(=O)N[C@@H](CCC(=O)O)C(=O)O. The van der Waals surface area contributed by atoms with E-state index in [2.05, 4.69) is 16.0 Å². The molecule has 0 saturated carbocycles. The Morgan fingerprint density at radius 3 is 2.19 bits per heavy atom. The highest BCUT2D eigenvalue weighted by Gasteiger charge is 2.20. The second kappa shape index (κ2) is 12.1. The first-order chi connectivity index (χ1) is 12.0. The van der Waals surface area contributed by atoms with Crippen LogP contribution in [0.4, 0.5) is 4.79 Å². The number of carbonyl (C=O) groups is 4. The van der Waals surface area contributed by atoms with E-state index in [-0.39, 0.29) is 19.4 Å². The minimum absolute atomic E-state index is 0.0731. The van der Waals surface area contributed by atoms with Crippen molar-refractivity contribution in [2.24, 2.45) is 0 Å². The smallest absolute Gasteiger partial charge is 0.407 e. The van der Waals surface area contributed by atoms with Crippen LogP contribution in [0.5, 0.6) is 0 Å². The van der Waals surface area contributed by atoms with Gasteiger partial charge in [0.1, 0.15) is 11.6 Å². The third-order valence-electron chi connectivity index (χ3n) is 3.01. The quantitative estimate of drug-likeness (QED) is 0.305. The monoisotopic (exact) mass is 375 g/mol. The van der Waals surface area contributed by atoms with E-state index in [1.165, 1.54) is 0 Å². The summed E-state index contributed by atoms with van der Waals surface area (Å²) in [6.45, 7) is 6.21. The zero-order valence-corrected chi connectivity index (χ0v) is 15.5. The molecule has 0 aromatic carbocycles. The van der Waals surface area contributed by atoms with Gasteiger partial charge in [0.25, 0.3) is 0 Å². The van der Waals surface area contributed by atoms with Crippen LogP contribution in [0.15, 0.2) is 0 Å². The number of unbranched alkanes of at least 4 members (excludes halogenated alkanes) is 1. The number of rotatable bonds is 12. The number of carboxylic acids is 2. The minimum atomic E-state index is -1.27. The lowest BCUT2D eigenvalue weighted by Crippen LogP contribution is -2.45. The average molecular weight is 375 g/mol. The molecule has 0 spiro atoms. The summed E-state index contributed by atoms with van der Waals surface area (Å²) in [5.74, 6) is -2.91. The molecule has 0 rings (SSSR count). The zero-order valence-electron chi connectivity index (χ0n) is 15.5. The van der Waals surface area contributed by atoms with E-state index in [1.54, 1.807) is 20.8 Å². The normalized spacial score (nSPS) is 12.1. The molecule has 0 aliphatic rings. The van der Waals surface area contributed by atoms with Crippen molar-refractivity contribution in [1.82, 2.24) is 16.0 Å². The molecule has 1 atom stereocenters. The van der Waals surface area contributed by atoms with Crippen LogP contribution in [-0.4, -0.2) is 65.4 Å². The Morgan fingerprint density at radius 2 is 1.65 bits per heavy atom. The van der Waals surface area contributed by atoms with Crippen LogP contribution in [0, 0.1) is 0 Å². The Kier molecular flexibility index (Phi) is 11.0. The first-order valence-corrected chi connectivity index (χ1v) is 8.43. The number of carboxylic acid groups (broad SMARTS) is 2. The molecule has 0 aliphatic heterocycles. The van der Waals surface area contributed by atoms with Crippen molar-refractivity contribution < 1.29 is 34.1 Å². The van der Waals surface area contributed by atoms with E-state index in [1.807, 2.05) is 0 Å². The number of amides is 2. The highest BCUT2D eigenvalue weighted by atomic mass is 16.6. The van der Waals surface area contributed by atoms with Gasteiger partial charge >= 0.3 is 18.0 Å². The Balaban J connectivity index is 3.80. The number of hydrogen-bond acceptors (Lipinski definition) is 6. The van der Waals surface area contributed by atoms with Crippen molar-refractivity contribution in [3.05, 3.63) is 0 Å². The summed E-state index contributed by atoms with van der Waals surface area (Å²) < 4.78 is 5.08. The first-order valence-electron chi connectivity index (χ1n) is 8.43. The summed E-state index contributed by atoms with van der Waals surface area (Å²) in [6, 6.07) is -1.22. The highest BCUT2D eigenvalue weighted by Crippen LogP contribution is 2.06. The summed E-state index contributed by atoms with van der Waals surface area (Å²) in [4.78, 5) is 44.5. The first kappa shape index (κ1) is 23.6. The van der Waals surface area contributed by atoms with Crippen molar-refractivity contribution in [2.75, 3.05) is 19.6 Å². The molecule has 0 aromatic heterocycles. The standard InChI is InChI=1S/C16H29N3O7/c1-16(2,3)26-15(25)18-9-5-4-8-17-10-12(20)19-11(14(23)24)6-7-13(21)22/h11,17H,4-10H2,1-3H3,(H,18,25)(H,19,20)(H,21,22)(H,23,24)/t11-/m0/s1. The third kappa shape index (κ3) is 14.0. The van der Waals surface area contributed by atoms with Gasteiger partial charge in [0.15, 0.2) is 0 Å². The predicted octanol–water partition coefficient (Wildman–Crippen LogP) is 0.315. The van der Waals surface area contributed by atoms with Gasteiger partial charge in [-0.3, -0.25) is 9.59 Å². The second-order valence-corrected chi connectivity index (χ2v) is 6.70. The van der Waals surface area contributed by atoms with E-state index in [4.69, 9.17) is 14.9 Å². The summed E-state index contributed by atoms with van der Waals surface area (Å²) in [5.41, 5.74) is -0.544. The van der Waals surface area contributed by atoms with Crippen LogP contribution >= 0.6 is 0 Å². The van der Waals surface area contributed by atoms with E-state index in [0.717, 1.165) is 0 Å². The van der Waals surface area contributed by atoms with Crippen molar-refractivity contribution in [3.8, 4) is 0 Å². The number of carbonyl (C=O) groups excluding carboxylic acids is 2. The van der Waals surface area contributed by atoms with Gasteiger partial charge in [0.05, 0.1) is 6.54 Å². The van der Waals surface area contributed by atoms with Gasteiger partial charge in [0, 0.05) is 13.0 Å². The lowest BCUT2D eigenvalue weighted by atomic mass is 10.1. The fraction of sp³-hybridized carbons (Fsp3) is 0.750. The topological polar surface area (TPSA) is 154 Å². The van der Waals surface area contributed by atoms with Crippen LogP contribution in [0.3, 0.4) is 0 Å². The summed E-state index contributed by atoms with van der Waals surface area (Å²) in [5, 5.41) is 25.3. The van der Waals surface area contributed by atoms with Crippen LogP contribution in [0.1, 0.15) is 46.5 Å². The van der Waals surface area contributed by atoms with Crippen LogP contribution < -0.4 is 16.0 Å². The number of nitrogens with one attached hydrogen (secondary N) is 3. The molecule has 10 heteroatoms. The molecule has 26 heavy (non-hydrogen) atoms. The average Bonchev–Trinajstić information content (AvgIpc) is 2.48. The number of hydrogen-bond donors (Lipinski definition) is 5. The van der Waals surface area contributed by atoms with E-state index in [0.29, 0.717) is 25.9 Å². The largest absolute Gasteiger partial charge is 0.481 e.